The SMILES string of the molecule is Cc1cc(C)c(C(C)C)cc1N.[HH]. The summed E-state index contributed by atoms with van der Waals surface area (Å²) in [5.41, 5.74) is 10.6. The van der Waals surface area contributed by atoms with Crippen LogP contribution < -0.4 is 5.73 Å². The highest BCUT2D eigenvalue weighted by molar-refractivity contribution is 5.52. The van der Waals surface area contributed by atoms with Crippen molar-refractivity contribution in [3.05, 3.63) is 28.8 Å². The summed E-state index contributed by atoms with van der Waals surface area (Å²) in [6.07, 6.45) is 0. The predicted molar refractivity (Wildman–Crippen MR) is 56.5 cm³/mol. The van der Waals surface area contributed by atoms with Crippen LogP contribution >= 0.6 is 0 Å². The quantitative estimate of drug-likeness (QED) is 0.635. The van der Waals surface area contributed by atoms with Gasteiger partial charge in [-0.05, 0) is 42.5 Å². The zero-order valence-corrected chi connectivity index (χ0v) is 8.31. The molecule has 0 aliphatic carbocycles. The topological polar surface area (TPSA) is 26.0 Å². The lowest BCUT2D eigenvalue weighted by Gasteiger charge is -2.12. The predicted octanol–water partition coefficient (Wildman–Crippen LogP) is 3.26. The molecule has 0 heterocycles. The number of hydrogen-bond donors (Lipinski definition) is 1. The van der Waals surface area contributed by atoms with Crippen LogP contribution in [0.2, 0.25) is 0 Å². The van der Waals surface area contributed by atoms with Gasteiger partial charge >= 0.3 is 0 Å². The van der Waals surface area contributed by atoms with E-state index in [1.54, 1.807) is 0 Å². The molecule has 1 heteroatoms. The van der Waals surface area contributed by atoms with Crippen LogP contribution in [0, 0.1) is 13.8 Å². The Bertz CT molecular complexity index is 292. The van der Waals surface area contributed by atoms with Crippen LogP contribution in [0.4, 0.5) is 5.69 Å². The Morgan fingerprint density at radius 3 is 2.25 bits per heavy atom. The van der Waals surface area contributed by atoms with E-state index in [9.17, 15) is 0 Å². The summed E-state index contributed by atoms with van der Waals surface area (Å²) < 4.78 is 0. The van der Waals surface area contributed by atoms with Gasteiger partial charge in [-0.15, -0.1) is 0 Å². The van der Waals surface area contributed by atoms with E-state index < -0.39 is 0 Å². The first kappa shape index (κ1) is 9.11. The van der Waals surface area contributed by atoms with Crippen LogP contribution in [-0.4, -0.2) is 0 Å². The second-order valence-corrected chi connectivity index (χ2v) is 3.72. The Morgan fingerprint density at radius 2 is 1.75 bits per heavy atom. The van der Waals surface area contributed by atoms with Gasteiger partial charge in [0, 0.05) is 7.11 Å². The molecule has 0 saturated heterocycles. The van der Waals surface area contributed by atoms with E-state index in [0.29, 0.717) is 5.92 Å². The first-order valence-electron chi connectivity index (χ1n) is 4.39. The third-order valence-electron chi connectivity index (χ3n) is 2.28. The summed E-state index contributed by atoms with van der Waals surface area (Å²) in [4.78, 5) is 0. The van der Waals surface area contributed by atoms with E-state index in [-0.39, 0.29) is 1.43 Å². The monoisotopic (exact) mass is 165 g/mol. The van der Waals surface area contributed by atoms with E-state index in [1.165, 1.54) is 16.7 Å². The summed E-state index contributed by atoms with van der Waals surface area (Å²) in [5, 5.41) is 0. The third kappa shape index (κ3) is 1.60. The number of nitrogen functional groups attached to an aromatic ring is 1. The van der Waals surface area contributed by atoms with Crippen LogP contribution in [0.15, 0.2) is 12.1 Å². The number of benzene rings is 1. The number of hydrogen-bond acceptors (Lipinski definition) is 1. The molecule has 0 aliphatic rings. The smallest absolute Gasteiger partial charge is 0.0346 e. The molecule has 0 aromatic heterocycles. The maximum atomic E-state index is 5.83. The largest absolute Gasteiger partial charge is 0.399 e. The van der Waals surface area contributed by atoms with Crippen molar-refractivity contribution in [1.29, 1.82) is 0 Å². The van der Waals surface area contributed by atoms with Gasteiger partial charge in [0.05, 0.1) is 0 Å². The van der Waals surface area contributed by atoms with Crippen molar-refractivity contribution < 1.29 is 1.43 Å². The highest BCUT2D eigenvalue weighted by Gasteiger charge is 2.05. The molecule has 1 aromatic rings. The van der Waals surface area contributed by atoms with E-state index in [0.717, 1.165) is 5.69 Å². The Kier molecular flexibility index (Phi) is 2.41. The lowest BCUT2D eigenvalue weighted by atomic mass is 9.95. The van der Waals surface area contributed by atoms with Gasteiger partial charge in [-0.3, -0.25) is 0 Å². The molecular formula is C11H19N. The fraction of sp³-hybridized carbons (Fsp3) is 0.455. The summed E-state index contributed by atoms with van der Waals surface area (Å²) in [6, 6.07) is 4.25. The Hall–Kier alpha value is -0.980. The minimum atomic E-state index is 0. The molecule has 2 N–H and O–H groups in total. The fourth-order valence-electron chi connectivity index (χ4n) is 1.51. The van der Waals surface area contributed by atoms with Crippen molar-refractivity contribution in [1.82, 2.24) is 0 Å². The van der Waals surface area contributed by atoms with Crippen LogP contribution in [0.1, 0.15) is 37.9 Å². The van der Waals surface area contributed by atoms with E-state index >= 15 is 0 Å². The molecule has 68 valence electrons. The van der Waals surface area contributed by atoms with Gasteiger partial charge in [0.25, 0.3) is 0 Å². The van der Waals surface area contributed by atoms with Crippen molar-refractivity contribution in [2.45, 2.75) is 33.6 Å². The van der Waals surface area contributed by atoms with Crippen molar-refractivity contribution in [3.63, 3.8) is 0 Å². The molecule has 0 radical (unpaired) electrons. The Labute approximate surface area is 76.1 Å². The van der Waals surface area contributed by atoms with Gasteiger partial charge in [0.2, 0.25) is 0 Å². The number of aryl methyl sites for hydroxylation is 2. The second-order valence-electron chi connectivity index (χ2n) is 3.72. The average molecular weight is 165 g/mol. The first-order valence-corrected chi connectivity index (χ1v) is 4.39. The van der Waals surface area contributed by atoms with Gasteiger partial charge in [-0.1, -0.05) is 19.9 Å². The molecule has 0 aliphatic heterocycles. The fourth-order valence-corrected chi connectivity index (χ4v) is 1.51. The molecule has 0 saturated carbocycles. The minimum absolute atomic E-state index is 0. The van der Waals surface area contributed by atoms with Gasteiger partial charge in [-0.25, -0.2) is 0 Å². The van der Waals surface area contributed by atoms with Gasteiger partial charge in [0.15, 0.2) is 0 Å². The molecular weight excluding hydrogens is 146 g/mol. The molecule has 0 fully saturated rings. The van der Waals surface area contributed by atoms with Gasteiger partial charge in [-0.2, -0.15) is 0 Å². The van der Waals surface area contributed by atoms with Crippen molar-refractivity contribution >= 4 is 5.69 Å². The highest BCUT2D eigenvalue weighted by atomic mass is 14.6. The number of rotatable bonds is 1. The van der Waals surface area contributed by atoms with Crippen molar-refractivity contribution in [2.75, 3.05) is 5.73 Å². The zero-order chi connectivity index (χ0) is 9.30. The maximum Gasteiger partial charge on any atom is 0.0346 e. The van der Waals surface area contributed by atoms with Crippen molar-refractivity contribution in [3.8, 4) is 0 Å². The molecule has 1 nitrogen and oxygen atoms in total. The lowest BCUT2D eigenvalue weighted by Crippen LogP contribution is -1.97. The maximum absolute atomic E-state index is 5.83. The molecule has 1 rings (SSSR count). The summed E-state index contributed by atoms with van der Waals surface area (Å²) in [5.74, 6) is 0.563. The molecule has 1 aromatic carbocycles. The number of anilines is 1. The average Bonchev–Trinajstić information content (AvgIpc) is 1.96. The summed E-state index contributed by atoms with van der Waals surface area (Å²) in [7, 11) is 0. The minimum Gasteiger partial charge on any atom is -0.399 e. The van der Waals surface area contributed by atoms with Crippen LogP contribution in [0.3, 0.4) is 0 Å². The van der Waals surface area contributed by atoms with Crippen LogP contribution in [0.25, 0.3) is 0 Å². The molecule has 0 atom stereocenters. The van der Waals surface area contributed by atoms with Crippen molar-refractivity contribution in [2.24, 2.45) is 0 Å². The summed E-state index contributed by atoms with van der Waals surface area (Å²) in [6.45, 7) is 8.57. The Morgan fingerprint density at radius 1 is 1.17 bits per heavy atom. The normalized spacial score (nSPS) is 10.8. The van der Waals surface area contributed by atoms with Crippen LogP contribution in [-0.2, 0) is 0 Å². The number of nitrogens with two attached hydrogens (primary N) is 1. The summed E-state index contributed by atoms with van der Waals surface area (Å²) >= 11 is 0. The molecule has 0 unspecified atom stereocenters. The van der Waals surface area contributed by atoms with E-state index in [4.69, 9.17) is 5.73 Å². The van der Waals surface area contributed by atoms with Crippen LogP contribution in [0.5, 0.6) is 0 Å². The first-order chi connectivity index (χ1) is 5.52. The molecule has 12 heavy (non-hydrogen) atoms. The standard InChI is InChI=1S/C11H17N.H2/c1-7(2)10-6-11(12)9(4)5-8(10)3;/h5-7H,12H2,1-4H3;1H. The molecule has 0 spiro atoms. The van der Waals surface area contributed by atoms with E-state index in [2.05, 4.69) is 32.9 Å². The third-order valence-corrected chi connectivity index (χ3v) is 2.28. The highest BCUT2D eigenvalue weighted by Crippen LogP contribution is 2.23. The lowest BCUT2D eigenvalue weighted by molar-refractivity contribution is 0.856. The second kappa shape index (κ2) is 3.18. The molecule has 0 amide bonds. The van der Waals surface area contributed by atoms with E-state index in [1.807, 2.05) is 6.92 Å². The van der Waals surface area contributed by atoms with Gasteiger partial charge in [0.1, 0.15) is 0 Å². The zero-order valence-electron chi connectivity index (χ0n) is 8.31. The molecule has 0 bridgehead atoms. The Balaban J connectivity index is 0.00000144. The van der Waals surface area contributed by atoms with Gasteiger partial charge < -0.3 is 5.73 Å².